The Labute approximate surface area is 124 Å². The van der Waals surface area contributed by atoms with Gasteiger partial charge in [0.05, 0.1) is 17.2 Å². The molecule has 0 saturated carbocycles. The van der Waals surface area contributed by atoms with Crippen molar-refractivity contribution in [2.24, 2.45) is 7.05 Å². The second kappa shape index (κ2) is 4.78. The van der Waals surface area contributed by atoms with Crippen LogP contribution in [-0.4, -0.2) is 40.2 Å². The summed E-state index contributed by atoms with van der Waals surface area (Å²) >= 11 is 0. The number of hydrogen-bond acceptors (Lipinski definition) is 5. The van der Waals surface area contributed by atoms with E-state index >= 15 is 0 Å². The molecule has 3 rings (SSSR count). The van der Waals surface area contributed by atoms with E-state index in [4.69, 9.17) is 0 Å². The summed E-state index contributed by atoms with van der Waals surface area (Å²) in [6, 6.07) is 2.07. The molecule has 21 heavy (non-hydrogen) atoms. The molecule has 0 bridgehead atoms. The molecule has 3 heterocycles. The fourth-order valence-electron chi connectivity index (χ4n) is 2.91. The van der Waals surface area contributed by atoms with Crippen molar-refractivity contribution in [2.75, 3.05) is 11.5 Å². The highest BCUT2D eigenvalue weighted by molar-refractivity contribution is 7.91. The monoisotopic (exact) mass is 308 g/mol. The Morgan fingerprint density at radius 1 is 1.48 bits per heavy atom. The molecule has 1 N–H and O–H groups in total. The van der Waals surface area contributed by atoms with Crippen LogP contribution in [0.15, 0.2) is 12.3 Å². The number of aryl methyl sites for hydroxylation is 2. The van der Waals surface area contributed by atoms with Crippen LogP contribution in [0.3, 0.4) is 0 Å². The quantitative estimate of drug-likeness (QED) is 0.913. The zero-order chi connectivity index (χ0) is 15.3. The van der Waals surface area contributed by atoms with E-state index in [-0.39, 0.29) is 17.0 Å². The van der Waals surface area contributed by atoms with E-state index in [2.05, 4.69) is 21.5 Å². The number of hydrogen-bond donors (Lipinski definition) is 1. The molecular weight excluding hydrogens is 288 g/mol. The highest BCUT2D eigenvalue weighted by Crippen LogP contribution is 2.24. The van der Waals surface area contributed by atoms with E-state index in [1.807, 2.05) is 27.1 Å². The SMILES string of the molecule is Cc1nn(C)c2ncc(CNC3(C)CCS(=O)(=O)C3)cc12. The van der Waals surface area contributed by atoms with E-state index < -0.39 is 9.84 Å². The van der Waals surface area contributed by atoms with Crippen molar-refractivity contribution in [1.29, 1.82) is 0 Å². The minimum Gasteiger partial charge on any atom is -0.306 e. The van der Waals surface area contributed by atoms with Crippen LogP contribution in [0.25, 0.3) is 11.0 Å². The van der Waals surface area contributed by atoms with Crippen LogP contribution in [-0.2, 0) is 23.4 Å². The first kappa shape index (κ1) is 14.5. The van der Waals surface area contributed by atoms with Crippen molar-refractivity contribution >= 4 is 20.9 Å². The van der Waals surface area contributed by atoms with Gasteiger partial charge in [0.2, 0.25) is 0 Å². The molecule has 0 aliphatic carbocycles. The molecule has 1 saturated heterocycles. The van der Waals surface area contributed by atoms with Crippen molar-refractivity contribution < 1.29 is 8.42 Å². The average Bonchev–Trinajstić information content (AvgIpc) is 2.85. The standard InChI is InChI=1S/C14H20N4O2S/c1-10-12-6-11(7-15-13(12)18(3)17-10)8-16-14(2)4-5-21(19,20)9-14/h6-7,16H,4-5,8-9H2,1-3H3. The number of pyridine rings is 1. The van der Waals surface area contributed by atoms with Gasteiger partial charge in [-0.25, -0.2) is 13.4 Å². The summed E-state index contributed by atoms with van der Waals surface area (Å²) in [5, 5.41) is 8.77. The van der Waals surface area contributed by atoms with Gasteiger partial charge in [-0.05, 0) is 31.9 Å². The first-order valence-electron chi connectivity index (χ1n) is 7.02. The maximum Gasteiger partial charge on any atom is 0.157 e. The second-order valence-corrected chi connectivity index (χ2v) is 8.36. The maximum atomic E-state index is 11.6. The van der Waals surface area contributed by atoms with Crippen LogP contribution in [0.5, 0.6) is 0 Å². The fourth-order valence-corrected chi connectivity index (χ4v) is 5.04. The lowest BCUT2D eigenvalue weighted by molar-refractivity contribution is 0.395. The molecule has 1 aliphatic heterocycles. The molecule has 0 radical (unpaired) electrons. The average molecular weight is 308 g/mol. The first-order valence-corrected chi connectivity index (χ1v) is 8.84. The van der Waals surface area contributed by atoms with Gasteiger partial charge in [-0.15, -0.1) is 0 Å². The Morgan fingerprint density at radius 3 is 2.90 bits per heavy atom. The predicted molar refractivity (Wildman–Crippen MR) is 81.8 cm³/mol. The minimum atomic E-state index is -2.89. The summed E-state index contributed by atoms with van der Waals surface area (Å²) in [6.07, 6.45) is 2.49. The summed E-state index contributed by atoms with van der Waals surface area (Å²) in [5.41, 5.74) is 2.53. The van der Waals surface area contributed by atoms with Crippen LogP contribution >= 0.6 is 0 Å². The number of rotatable bonds is 3. The molecule has 7 heteroatoms. The Morgan fingerprint density at radius 2 is 2.24 bits per heavy atom. The van der Waals surface area contributed by atoms with Crippen molar-refractivity contribution in [1.82, 2.24) is 20.1 Å². The van der Waals surface area contributed by atoms with E-state index in [0.717, 1.165) is 22.3 Å². The van der Waals surface area contributed by atoms with Crippen LogP contribution in [0.2, 0.25) is 0 Å². The topological polar surface area (TPSA) is 76.9 Å². The molecule has 1 fully saturated rings. The van der Waals surface area contributed by atoms with Crippen LogP contribution in [0.1, 0.15) is 24.6 Å². The summed E-state index contributed by atoms with van der Waals surface area (Å²) in [5.74, 6) is 0.483. The number of sulfone groups is 1. The van der Waals surface area contributed by atoms with Gasteiger partial charge in [0.15, 0.2) is 15.5 Å². The smallest absolute Gasteiger partial charge is 0.157 e. The van der Waals surface area contributed by atoms with E-state index in [9.17, 15) is 8.42 Å². The molecular formula is C14H20N4O2S. The molecule has 6 nitrogen and oxygen atoms in total. The Bertz CT molecular complexity index is 797. The van der Waals surface area contributed by atoms with Gasteiger partial charge in [-0.3, -0.25) is 4.68 Å². The highest BCUT2D eigenvalue weighted by atomic mass is 32.2. The Balaban J connectivity index is 1.78. The normalized spacial score (nSPS) is 24.7. The Hall–Kier alpha value is -1.47. The maximum absolute atomic E-state index is 11.6. The fraction of sp³-hybridized carbons (Fsp3) is 0.571. The lowest BCUT2D eigenvalue weighted by Gasteiger charge is -2.23. The van der Waals surface area contributed by atoms with Crippen molar-refractivity contribution in [3.8, 4) is 0 Å². The van der Waals surface area contributed by atoms with Gasteiger partial charge >= 0.3 is 0 Å². The lowest BCUT2D eigenvalue weighted by atomic mass is 10.0. The second-order valence-electron chi connectivity index (χ2n) is 6.18. The van der Waals surface area contributed by atoms with Crippen LogP contribution < -0.4 is 5.32 Å². The summed E-state index contributed by atoms with van der Waals surface area (Å²) in [6.45, 7) is 4.55. The molecule has 1 unspecified atom stereocenters. The molecule has 1 aliphatic rings. The van der Waals surface area contributed by atoms with Crippen molar-refractivity contribution in [3.05, 3.63) is 23.5 Å². The number of aromatic nitrogens is 3. The van der Waals surface area contributed by atoms with Crippen molar-refractivity contribution in [3.63, 3.8) is 0 Å². The minimum absolute atomic E-state index is 0.210. The third-order valence-electron chi connectivity index (χ3n) is 4.14. The summed E-state index contributed by atoms with van der Waals surface area (Å²) in [7, 11) is -1.01. The van der Waals surface area contributed by atoms with Gasteiger partial charge in [0, 0.05) is 30.7 Å². The van der Waals surface area contributed by atoms with Gasteiger partial charge < -0.3 is 5.32 Å². The summed E-state index contributed by atoms with van der Waals surface area (Å²) < 4.78 is 25.0. The van der Waals surface area contributed by atoms with Gasteiger partial charge in [-0.1, -0.05) is 0 Å². The molecule has 0 amide bonds. The third-order valence-corrected chi connectivity index (χ3v) is 6.05. The van der Waals surface area contributed by atoms with Crippen LogP contribution in [0.4, 0.5) is 0 Å². The van der Waals surface area contributed by atoms with E-state index in [1.54, 1.807) is 4.68 Å². The zero-order valence-electron chi connectivity index (χ0n) is 12.5. The predicted octanol–water partition coefficient (Wildman–Crippen LogP) is 0.944. The van der Waals surface area contributed by atoms with Crippen LogP contribution in [0, 0.1) is 6.92 Å². The molecule has 114 valence electrons. The van der Waals surface area contributed by atoms with Gasteiger partial charge in [0.1, 0.15) is 0 Å². The molecule has 2 aromatic rings. The summed E-state index contributed by atoms with van der Waals surface area (Å²) in [4.78, 5) is 4.44. The molecule has 0 aromatic carbocycles. The molecule has 2 aromatic heterocycles. The van der Waals surface area contributed by atoms with Gasteiger partial charge in [-0.2, -0.15) is 5.10 Å². The van der Waals surface area contributed by atoms with E-state index in [1.165, 1.54) is 0 Å². The number of fused-ring (bicyclic) bond motifs is 1. The number of nitrogens with one attached hydrogen (secondary N) is 1. The largest absolute Gasteiger partial charge is 0.306 e. The molecule has 1 atom stereocenters. The Kier molecular flexibility index (Phi) is 3.29. The zero-order valence-corrected chi connectivity index (χ0v) is 13.4. The first-order chi connectivity index (χ1) is 9.78. The van der Waals surface area contributed by atoms with E-state index in [0.29, 0.717) is 13.0 Å². The molecule has 0 spiro atoms. The van der Waals surface area contributed by atoms with Gasteiger partial charge in [0.25, 0.3) is 0 Å². The highest BCUT2D eigenvalue weighted by Gasteiger charge is 2.37. The third kappa shape index (κ3) is 2.80. The lowest BCUT2D eigenvalue weighted by Crippen LogP contribution is -2.42. The van der Waals surface area contributed by atoms with Crippen molar-refractivity contribution in [2.45, 2.75) is 32.4 Å². The number of nitrogens with zero attached hydrogens (tertiary/aromatic N) is 3.